The van der Waals surface area contributed by atoms with Crippen molar-refractivity contribution < 1.29 is 14.0 Å². The van der Waals surface area contributed by atoms with Gasteiger partial charge in [-0.1, -0.05) is 96.9 Å². The van der Waals surface area contributed by atoms with Gasteiger partial charge in [0.2, 0.25) is 11.8 Å². The number of nitrogens with one attached hydrogen (secondary N) is 3. The summed E-state index contributed by atoms with van der Waals surface area (Å²) < 4.78 is 16.7. The maximum absolute atomic E-state index is 16.2. The van der Waals surface area contributed by atoms with Crippen molar-refractivity contribution >= 4 is 57.4 Å². The number of carbonyl (C=O) groups is 2. The monoisotopic (exact) mass is 659 g/mol. The summed E-state index contributed by atoms with van der Waals surface area (Å²) >= 11 is 8.45. The van der Waals surface area contributed by atoms with Crippen LogP contribution in [0.4, 0.5) is 15.8 Å². The number of benzene rings is 3. The normalized spacial score (nSPS) is 24.1. The number of fused-ring (bicyclic) bond motifs is 2. The van der Waals surface area contributed by atoms with Crippen molar-refractivity contribution in [2.45, 2.75) is 62.0 Å². The van der Waals surface area contributed by atoms with Crippen LogP contribution in [0.2, 0.25) is 5.02 Å². The third-order valence-corrected chi connectivity index (χ3v) is 8.87. The lowest BCUT2D eigenvalue weighted by atomic mass is 9.62. The van der Waals surface area contributed by atoms with Gasteiger partial charge < -0.3 is 16.0 Å². The van der Waals surface area contributed by atoms with E-state index < -0.39 is 23.4 Å². The first-order valence-electron chi connectivity index (χ1n) is 13.0. The Morgan fingerprint density at radius 2 is 1.85 bits per heavy atom. The van der Waals surface area contributed by atoms with Crippen LogP contribution in [0.1, 0.15) is 55.4 Å². The Balaban J connectivity index is 1.73. The Hall–Kier alpha value is -2.49. The first-order chi connectivity index (χ1) is 18.5. The first kappa shape index (κ1) is 28.1. The van der Waals surface area contributed by atoms with Gasteiger partial charge in [-0.2, -0.15) is 0 Å². The van der Waals surface area contributed by atoms with Crippen molar-refractivity contribution in [3.63, 3.8) is 0 Å². The van der Waals surface area contributed by atoms with Gasteiger partial charge in [0.25, 0.3) is 0 Å². The molecule has 3 aromatic rings. The molecule has 1 spiro atoms. The second kappa shape index (κ2) is 10.5. The fourth-order valence-corrected chi connectivity index (χ4v) is 6.95. The quantitative estimate of drug-likeness (QED) is 0.202. The Morgan fingerprint density at radius 1 is 1.13 bits per heavy atom. The van der Waals surface area contributed by atoms with E-state index in [9.17, 15) is 9.59 Å². The van der Waals surface area contributed by atoms with Crippen LogP contribution in [0.25, 0.3) is 0 Å². The average molecular weight is 660 g/mol. The van der Waals surface area contributed by atoms with Crippen molar-refractivity contribution in [3.05, 3.63) is 93.8 Å². The number of hydrogen-bond acceptors (Lipinski definition) is 3. The fraction of sp³-hybridized carbons (Fsp3) is 0.355. The third-order valence-electron chi connectivity index (χ3n) is 7.81. The van der Waals surface area contributed by atoms with E-state index in [4.69, 9.17) is 11.6 Å². The number of hydrogen-bond donors (Lipinski definition) is 3. The van der Waals surface area contributed by atoms with E-state index in [1.54, 1.807) is 24.3 Å². The molecule has 1 fully saturated rings. The molecule has 8 heteroatoms. The molecule has 5 nitrogen and oxygen atoms in total. The maximum atomic E-state index is 16.2. The van der Waals surface area contributed by atoms with Crippen molar-refractivity contribution in [1.82, 2.24) is 5.32 Å². The Labute approximate surface area is 247 Å². The summed E-state index contributed by atoms with van der Waals surface area (Å²) in [6, 6.07) is 16.8. The van der Waals surface area contributed by atoms with Gasteiger partial charge in [-0.15, -0.1) is 0 Å². The van der Waals surface area contributed by atoms with Crippen molar-refractivity contribution in [2.24, 2.45) is 5.41 Å². The number of anilines is 2. The van der Waals surface area contributed by atoms with Gasteiger partial charge in [0.1, 0.15) is 11.2 Å². The van der Waals surface area contributed by atoms with E-state index in [1.165, 1.54) is 0 Å². The van der Waals surface area contributed by atoms with E-state index in [0.717, 1.165) is 11.1 Å². The van der Waals surface area contributed by atoms with E-state index in [0.29, 0.717) is 38.4 Å². The van der Waals surface area contributed by atoms with Crippen LogP contribution in [-0.2, 0) is 19.4 Å². The summed E-state index contributed by atoms with van der Waals surface area (Å²) in [7, 11) is 0. The molecule has 2 amide bonds. The molecule has 2 heterocycles. The minimum Gasteiger partial charge on any atom is -0.325 e. The number of rotatable bonds is 5. The average Bonchev–Trinajstić information content (AvgIpc) is 3.34. The summed E-state index contributed by atoms with van der Waals surface area (Å²) in [5.41, 5.74) is 2.53. The molecule has 5 rings (SSSR count). The number of amides is 2. The molecule has 0 unspecified atom stereocenters. The number of carbonyl (C=O) groups excluding carboxylic acids is 2. The lowest BCUT2D eigenvalue weighted by molar-refractivity contribution is -0.122. The van der Waals surface area contributed by atoms with E-state index in [1.807, 2.05) is 43.3 Å². The molecule has 0 radical (unpaired) electrons. The van der Waals surface area contributed by atoms with Crippen LogP contribution in [0.5, 0.6) is 0 Å². The van der Waals surface area contributed by atoms with Gasteiger partial charge in [-0.05, 0) is 59.7 Å². The lowest BCUT2D eigenvalue weighted by Gasteiger charge is -2.37. The highest BCUT2D eigenvalue weighted by molar-refractivity contribution is 14.1. The van der Waals surface area contributed by atoms with E-state index in [2.05, 4.69) is 59.3 Å². The second-order valence-electron chi connectivity index (χ2n) is 11.8. The van der Waals surface area contributed by atoms with Crippen LogP contribution >= 0.6 is 34.2 Å². The highest BCUT2D eigenvalue weighted by atomic mass is 127. The molecular formula is C31H32ClFIN3O2. The fourth-order valence-electron chi connectivity index (χ4n) is 6.19. The molecular weight excluding hydrogens is 628 g/mol. The highest BCUT2D eigenvalue weighted by Crippen LogP contribution is 2.57. The van der Waals surface area contributed by atoms with Crippen LogP contribution in [0, 0.1) is 18.2 Å². The van der Waals surface area contributed by atoms with Crippen molar-refractivity contribution in [1.29, 1.82) is 0 Å². The SMILES string of the molecule is Cc1ccc(NC(=O)[C@@H]2N[C@@H](CC(C)(C)C)[C@@]3(C(=O)Nc4cc(Cl)ccc43)[C@H]2c2cccc(CI)c2F)cc1. The Bertz CT molecular complexity index is 1440. The zero-order chi connectivity index (χ0) is 28.1. The highest BCUT2D eigenvalue weighted by Gasteiger charge is 2.66. The van der Waals surface area contributed by atoms with Gasteiger partial charge in [0.05, 0.1) is 6.04 Å². The minimum absolute atomic E-state index is 0.185. The standard InChI is InChI=1S/C31H32ClFIN3O2/c1-17-8-11-20(12-9-17)35-28(38)27-25(21-7-5-6-18(16-34)26(21)33)31(24(37-27)15-30(2,3)4)22-13-10-19(32)14-23(22)36-29(31)39/h5-14,24-25,27,37H,15-16H2,1-4H3,(H,35,38)(H,36,39)/t24-,25-,27+,31+/m0/s1. The summed E-state index contributed by atoms with van der Waals surface area (Å²) in [6.45, 7) is 8.28. The summed E-state index contributed by atoms with van der Waals surface area (Å²) in [6.07, 6.45) is 0.584. The molecule has 1 saturated heterocycles. The summed E-state index contributed by atoms with van der Waals surface area (Å²) in [5, 5.41) is 10.1. The molecule has 0 aromatic heterocycles. The molecule has 0 aliphatic carbocycles. The van der Waals surface area contributed by atoms with E-state index >= 15 is 4.39 Å². The van der Waals surface area contributed by atoms with Crippen LogP contribution < -0.4 is 16.0 Å². The van der Waals surface area contributed by atoms with Gasteiger partial charge in [0, 0.05) is 32.8 Å². The van der Waals surface area contributed by atoms with Crippen LogP contribution in [0.15, 0.2) is 60.7 Å². The predicted molar refractivity (Wildman–Crippen MR) is 163 cm³/mol. The van der Waals surface area contributed by atoms with Gasteiger partial charge in [-0.25, -0.2) is 4.39 Å². The molecule has 39 heavy (non-hydrogen) atoms. The topological polar surface area (TPSA) is 70.2 Å². The predicted octanol–water partition coefficient (Wildman–Crippen LogP) is 7.11. The Morgan fingerprint density at radius 3 is 2.51 bits per heavy atom. The van der Waals surface area contributed by atoms with Crippen LogP contribution in [0.3, 0.4) is 0 Å². The largest absolute Gasteiger partial charge is 0.325 e. The molecule has 204 valence electrons. The first-order valence-corrected chi connectivity index (χ1v) is 14.9. The minimum atomic E-state index is -1.23. The smallest absolute Gasteiger partial charge is 0.242 e. The van der Waals surface area contributed by atoms with Crippen molar-refractivity contribution in [3.8, 4) is 0 Å². The molecule has 3 N–H and O–H groups in total. The summed E-state index contributed by atoms with van der Waals surface area (Å²) in [5.74, 6) is -1.75. The van der Waals surface area contributed by atoms with E-state index in [-0.39, 0.29) is 23.0 Å². The van der Waals surface area contributed by atoms with Gasteiger partial charge >= 0.3 is 0 Å². The number of alkyl halides is 1. The van der Waals surface area contributed by atoms with Crippen LogP contribution in [-0.4, -0.2) is 23.9 Å². The zero-order valence-corrected chi connectivity index (χ0v) is 25.3. The molecule has 3 aromatic carbocycles. The maximum Gasteiger partial charge on any atom is 0.242 e. The van der Waals surface area contributed by atoms with Crippen molar-refractivity contribution in [2.75, 3.05) is 10.6 Å². The number of halogens is 3. The Kier molecular flexibility index (Phi) is 7.54. The molecule has 2 aliphatic heterocycles. The molecule has 4 atom stereocenters. The zero-order valence-electron chi connectivity index (χ0n) is 22.4. The molecule has 0 saturated carbocycles. The van der Waals surface area contributed by atoms with Gasteiger partial charge in [-0.3, -0.25) is 9.59 Å². The third kappa shape index (κ3) is 4.98. The van der Waals surface area contributed by atoms with Gasteiger partial charge in [0.15, 0.2) is 0 Å². The second-order valence-corrected chi connectivity index (χ2v) is 13.0. The number of aryl methyl sites for hydroxylation is 1. The lowest BCUT2D eigenvalue weighted by Crippen LogP contribution is -2.49. The summed E-state index contributed by atoms with van der Waals surface area (Å²) in [4.78, 5) is 28.2. The molecule has 0 bridgehead atoms. The molecule has 2 aliphatic rings.